The number of hydrogen-bond acceptors (Lipinski definition) is 2. The van der Waals surface area contributed by atoms with Gasteiger partial charge in [-0.25, -0.2) is 0 Å². The van der Waals surface area contributed by atoms with E-state index in [0.29, 0.717) is 18.2 Å². The van der Waals surface area contributed by atoms with Crippen molar-refractivity contribution < 1.29 is 4.74 Å². The van der Waals surface area contributed by atoms with Crippen LogP contribution in [0.1, 0.15) is 30.7 Å². The molecule has 2 aliphatic rings. The topological polar surface area (TPSA) is 21.3 Å². The highest BCUT2D eigenvalue weighted by Crippen LogP contribution is 2.42. The summed E-state index contributed by atoms with van der Waals surface area (Å²) in [5, 5.41) is 3.72. The zero-order chi connectivity index (χ0) is 11.0. The minimum absolute atomic E-state index is 0.506. The summed E-state index contributed by atoms with van der Waals surface area (Å²) >= 11 is 0. The summed E-state index contributed by atoms with van der Waals surface area (Å²) in [6.07, 6.45) is 4.19. The van der Waals surface area contributed by atoms with Gasteiger partial charge in [0.05, 0.1) is 6.10 Å². The second-order valence-electron chi connectivity index (χ2n) is 5.05. The van der Waals surface area contributed by atoms with E-state index in [0.717, 1.165) is 5.92 Å². The van der Waals surface area contributed by atoms with Gasteiger partial charge in [-0.15, -0.1) is 0 Å². The standard InChI is InChI=1S/C14H19NO/c1-16-12-7-11(8-12)15-14-9-13(14)10-5-3-2-4-6-10/h2-6,11-15H,7-9H2,1H3. The van der Waals surface area contributed by atoms with E-state index < -0.39 is 0 Å². The molecule has 1 aromatic carbocycles. The highest BCUT2D eigenvalue weighted by atomic mass is 16.5. The molecule has 0 saturated heterocycles. The Balaban J connectivity index is 1.47. The zero-order valence-corrected chi connectivity index (χ0v) is 9.73. The Hall–Kier alpha value is -0.860. The first-order valence-corrected chi connectivity index (χ1v) is 6.20. The second kappa shape index (κ2) is 4.19. The van der Waals surface area contributed by atoms with Crippen molar-refractivity contribution >= 4 is 0 Å². The van der Waals surface area contributed by atoms with Crippen molar-refractivity contribution in [3.63, 3.8) is 0 Å². The van der Waals surface area contributed by atoms with Crippen molar-refractivity contribution in [1.82, 2.24) is 5.32 Å². The van der Waals surface area contributed by atoms with Crippen molar-refractivity contribution in [1.29, 1.82) is 0 Å². The van der Waals surface area contributed by atoms with Gasteiger partial charge in [0.1, 0.15) is 0 Å². The molecule has 2 aliphatic carbocycles. The molecule has 0 heterocycles. The Morgan fingerprint density at radius 1 is 1.12 bits per heavy atom. The van der Waals surface area contributed by atoms with E-state index in [1.165, 1.54) is 24.8 Å². The second-order valence-corrected chi connectivity index (χ2v) is 5.05. The third-order valence-electron chi connectivity index (χ3n) is 3.90. The molecule has 0 radical (unpaired) electrons. The largest absolute Gasteiger partial charge is 0.381 e. The smallest absolute Gasteiger partial charge is 0.0601 e. The lowest BCUT2D eigenvalue weighted by Gasteiger charge is -2.35. The zero-order valence-electron chi connectivity index (χ0n) is 9.73. The maximum Gasteiger partial charge on any atom is 0.0601 e. The maximum atomic E-state index is 5.29. The summed E-state index contributed by atoms with van der Waals surface area (Å²) in [7, 11) is 1.81. The first-order chi connectivity index (χ1) is 7.86. The van der Waals surface area contributed by atoms with E-state index >= 15 is 0 Å². The molecule has 16 heavy (non-hydrogen) atoms. The van der Waals surface area contributed by atoms with Crippen LogP contribution in [0.2, 0.25) is 0 Å². The summed E-state index contributed by atoms with van der Waals surface area (Å²) in [5.74, 6) is 0.753. The Labute approximate surface area is 97.0 Å². The minimum Gasteiger partial charge on any atom is -0.381 e. The molecular weight excluding hydrogens is 198 g/mol. The lowest BCUT2D eigenvalue weighted by Crippen LogP contribution is -2.46. The van der Waals surface area contributed by atoms with Gasteiger partial charge in [-0.1, -0.05) is 30.3 Å². The summed E-state index contributed by atoms with van der Waals surface area (Å²) in [6, 6.07) is 12.2. The number of hydrogen-bond donors (Lipinski definition) is 1. The summed E-state index contributed by atoms with van der Waals surface area (Å²) in [6.45, 7) is 0. The molecule has 86 valence electrons. The number of methoxy groups -OCH3 is 1. The van der Waals surface area contributed by atoms with Gasteiger partial charge in [0.2, 0.25) is 0 Å². The van der Waals surface area contributed by atoms with Crippen molar-refractivity contribution in [2.24, 2.45) is 0 Å². The molecule has 0 aromatic heterocycles. The summed E-state index contributed by atoms with van der Waals surface area (Å²) in [4.78, 5) is 0. The van der Waals surface area contributed by atoms with Gasteiger partial charge in [0.15, 0.2) is 0 Å². The predicted octanol–water partition coefficient (Wildman–Crippen LogP) is 2.31. The van der Waals surface area contributed by atoms with Gasteiger partial charge in [-0.3, -0.25) is 0 Å². The van der Waals surface area contributed by atoms with Crippen molar-refractivity contribution in [3.8, 4) is 0 Å². The van der Waals surface area contributed by atoms with Crippen LogP contribution in [0, 0.1) is 0 Å². The highest BCUT2D eigenvalue weighted by Gasteiger charge is 2.41. The third kappa shape index (κ3) is 2.00. The van der Waals surface area contributed by atoms with Crippen LogP contribution in [0.5, 0.6) is 0 Å². The van der Waals surface area contributed by atoms with Gasteiger partial charge in [-0.2, -0.15) is 0 Å². The van der Waals surface area contributed by atoms with Gasteiger partial charge >= 0.3 is 0 Å². The molecule has 3 rings (SSSR count). The molecule has 1 aromatic rings. The molecule has 2 fully saturated rings. The van der Waals surface area contributed by atoms with E-state index in [9.17, 15) is 0 Å². The average molecular weight is 217 g/mol. The first-order valence-electron chi connectivity index (χ1n) is 6.20. The molecular formula is C14H19NO. The van der Waals surface area contributed by atoms with Crippen LogP contribution in [0.25, 0.3) is 0 Å². The molecule has 2 heteroatoms. The quantitative estimate of drug-likeness (QED) is 0.835. The molecule has 1 N–H and O–H groups in total. The Kier molecular flexibility index (Phi) is 2.70. The van der Waals surface area contributed by atoms with E-state index in [-0.39, 0.29) is 0 Å². The van der Waals surface area contributed by atoms with E-state index in [1.807, 2.05) is 7.11 Å². The molecule has 0 spiro atoms. The molecule has 0 amide bonds. The number of rotatable bonds is 4. The molecule has 2 saturated carbocycles. The van der Waals surface area contributed by atoms with Gasteiger partial charge in [-0.05, 0) is 24.8 Å². The Morgan fingerprint density at radius 3 is 2.56 bits per heavy atom. The van der Waals surface area contributed by atoms with E-state index in [4.69, 9.17) is 4.74 Å². The van der Waals surface area contributed by atoms with Crippen LogP contribution in [0.3, 0.4) is 0 Å². The fourth-order valence-electron chi connectivity index (χ4n) is 2.64. The normalized spacial score (nSPS) is 36.8. The fraction of sp³-hybridized carbons (Fsp3) is 0.571. The van der Waals surface area contributed by atoms with E-state index in [1.54, 1.807) is 0 Å². The Morgan fingerprint density at radius 2 is 1.88 bits per heavy atom. The lowest BCUT2D eigenvalue weighted by molar-refractivity contribution is 0.0168. The maximum absolute atomic E-state index is 5.29. The SMILES string of the molecule is COC1CC(NC2CC2c2ccccc2)C1. The van der Waals surface area contributed by atoms with E-state index in [2.05, 4.69) is 35.6 Å². The van der Waals surface area contributed by atoms with Crippen LogP contribution in [-0.4, -0.2) is 25.3 Å². The minimum atomic E-state index is 0.506. The third-order valence-corrected chi connectivity index (χ3v) is 3.90. The van der Waals surface area contributed by atoms with Crippen molar-refractivity contribution in [2.45, 2.75) is 43.4 Å². The molecule has 2 nitrogen and oxygen atoms in total. The molecule has 0 bridgehead atoms. The fourth-order valence-corrected chi connectivity index (χ4v) is 2.64. The molecule has 0 aliphatic heterocycles. The van der Waals surface area contributed by atoms with Gasteiger partial charge in [0.25, 0.3) is 0 Å². The van der Waals surface area contributed by atoms with Crippen LogP contribution >= 0.6 is 0 Å². The lowest BCUT2D eigenvalue weighted by atomic mass is 9.89. The van der Waals surface area contributed by atoms with Gasteiger partial charge in [0, 0.05) is 25.1 Å². The van der Waals surface area contributed by atoms with Crippen molar-refractivity contribution in [2.75, 3.05) is 7.11 Å². The molecule has 2 unspecified atom stereocenters. The van der Waals surface area contributed by atoms with Crippen LogP contribution < -0.4 is 5.32 Å². The van der Waals surface area contributed by atoms with Crippen molar-refractivity contribution in [3.05, 3.63) is 35.9 Å². The molecule has 2 atom stereocenters. The average Bonchev–Trinajstić information content (AvgIpc) is 3.03. The predicted molar refractivity (Wildman–Crippen MR) is 64.5 cm³/mol. The Bertz CT molecular complexity index is 345. The summed E-state index contributed by atoms with van der Waals surface area (Å²) in [5.41, 5.74) is 1.49. The number of ether oxygens (including phenoxy) is 1. The summed E-state index contributed by atoms with van der Waals surface area (Å²) < 4.78 is 5.29. The number of benzene rings is 1. The van der Waals surface area contributed by atoms with Crippen LogP contribution in [0.4, 0.5) is 0 Å². The monoisotopic (exact) mass is 217 g/mol. The first kappa shape index (κ1) is 10.3. The van der Waals surface area contributed by atoms with Gasteiger partial charge < -0.3 is 10.1 Å². The highest BCUT2D eigenvalue weighted by molar-refractivity contribution is 5.27. The number of nitrogens with one attached hydrogen (secondary N) is 1. The van der Waals surface area contributed by atoms with Crippen LogP contribution in [0.15, 0.2) is 30.3 Å². The van der Waals surface area contributed by atoms with Crippen LogP contribution in [-0.2, 0) is 4.74 Å².